The van der Waals surface area contributed by atoms with Crippen molar-refractivity contribution < 1.29 is 18.6 Å². The van der Waals surface area contributed by atoms with Crippen molar-refractivity contribution in [1.29, 1.82) is 0 Å². The molecular formula is C20H20N4O4S. The molecule has 4 aromatic rings. The Morgan fingerprint density at radius 1 is 1.14 bits per heavy atom. The SMILES string of the molecule is CCCc1noc(COC(=O)c2cc(-c3cc(C)sc3C)nc3onc(C)c23)n1. The minimum absolute atomic E-state index is 0.102. The van der Waals surface area contributed by atoms with E-state index in [4.69, 9.17) is 13.8 Å². The van der Waals surface area contributed by atoms with Crippen molar-refractivity contribution in [2.75, 3.05) is 0 Å². The minimum Gasteiger partial charge on any atom is -0.452 e. The van der Waals surface area contributed by atoms with Crippen LogP contribution in [-0.2, 0) is 17.8 Å². The van der Waals surface area contributed by atoms with Gasteiger partial charge in [0.05, 0.1) is 22.3 Å². The van der Waals surface area contributed by atoms with Crippen molar-refractivity contribution in [3.8, 4) is 11.3 Å². The Kier molecular flexibility index (Phi) is 5.14. The molecule has 0 saturated heterocycles. The van der Waals surface area contributed by atoms with E-state index in [9.17, 15) is 4.79 Å². The molecule has 0 atom stereocenters. The van der Waals surface area contributed by atoms with Crippen molar-refractivity contribution >= 4 is 28.4 Å². The van der Waals surface area contributed by atoms with Gasteiger partial charge in [0.1, 0.15) is 0 Å². The zero-order valence-electron chi connectivity index (χ0n) is 16.6. The van der Waals surface area contributed by atoms with E-state index in [1.165, 1.54) is 0 Å². The van der Waals surface area contributed by atoms with Crippen molar-refractivity contribution in [2.24, 2.45) is 0 Å². The van der Waals surface area contributed by atoms with E-state index in [0.717, 1.165) is 21.7 Å². The Balaban J connectivity index is 1.66. The predicted octanol–water partition coefficient (Wildman–Crippen LogP) is 4.57. The number of nitrogens with zero attached hydrogens (tertiary/aromatic N) is 4. The summed E-state index contributed by atoms with van der Waals surface area (Å²) in [5.41, 5.74) is 2.83. The van der Waals surface area contributed by atoms with Crippen LogP contribution in [0.15, 0.2) is 21.2 Å². The first-order chi connectivity index (χ1) is 14.0. The van der Waals surface area contributed by atoms with E-state index < -0.39 is 5.97 Å². The highest BCUT2D eigenvalue weighted by molar-refractivity contribution is 7.12. The third-order valence-corrected chi connectivity index (χ3v) is 5.43. The summed E-state index contributed by atoms with van der Waals surface area (Å²) in [7, 11) is 0. The molecule has 8 nitrogen and oxygen atoms in total. The molecule has 0 radical (unpaired) electrons. The van der Waals surface area contributed by atoms with Crippen LogP contribution in [0, 0.1) is 20.8 Å². The summed E-state index contributed by atoms with van der Waals surface area (Å²) in [6, 6.07) is 3.76. The van der Waals surface area contributed by atoms with E-state index in [1.807, 2.05) is 26.8 Å². The summed E-state index contributed by atoms with van der Waals surface area (Å²) in [4.78, 5) is 23.9. The summed E-state index contributed by atoms with van der Waals surface area (Å²) in [6.07, 6.45) is 1.62. The molecule has 0 aliphatic carbocycles. The standard InChI is InChI=1S/C20H20N4O4S/c1-5-6-16-22-17(27-24-16)9-26-20(25)14-8-15(13-7-10(2)29-12(13)4)21-19-18(14)11(3)23-28-19/h7-8H,5-6,9H2,1-4H3. The van der Waals surface area contributed by atoms with E-state index in [1.54, 1.807) is 24.3 Å². The highest BCUT2D eigenvalue weighted by atomic mass is 32.1. The third-order valence-electron chi connectivity index (χ3n) is 4.46. The second-order valence-electron chi connectivity index (χ2n) is 6.76. The van der Waals surface area contributed by atoms with Crippen LogP contribution in [0.2, 0.25) is 0 Å². The molecule has 0 spiro atoms. The van der Waals surface area contributed by atoms with E-state index in [-0.39, 0.29) is 12.5 Å². The molecule has 0 aromatic carbocycles. The van der Waals surface area contributed by atoms with Gasteiger partial charge in [-0.3, -0.25) is 0 Å². The molecule has 0 aliphatic rings. The average Bonchev–Trinajstić information content (AvgIpc) is 3.39. The van der Waals surface area contributed by atoms with E-state index in [2.05, 4.69) is 20.3 Å². The van der Waals surface area contributed by atoms with Crippen LogP contribution in [0.4, 0.5) is 0 Å². The Morgan fingerprint density at radius 3 is 2.69 bits per heavy atom. The fourth-order valence-corrected chi connectivity index (χ4v) is 4.09. The molecule has 4 aromatic heterocycles. The van der Waals surface area contributed by atoms with E-state index in [0.29, 0.717) is 40.3 Å². The molecule has 0 aliphatic heterocycles. The summed E-state index contributed by atoms with van der Waals surface area (Å²) in [6.45, 7) is 7.74. The smallest absolute Gasteiger partial charge is 0.339 e. The largest absolute Gasteiger partial charge is 0.452 e. The molecule has 0 fully saturated rings. The van der Waals surface area contributed by atoms with Gasteiger partial charge in [-0.05, 0) is 39.3 Å². The van der Waals surface area contributed by atoms with Crippen LogP contribution in [0.3, 0.4) is 0 Å². The lowest BCUT2D eigenvalue weighted by Gasteiger charge is -2.06. The van der Waals surface area contributed by atoms with Gasteiger partial charge in [-0.25, -0.2) is 9.78 Å². The van der Waals surface area contributed by atoms with Crippen molar-refractivity contribution in [3.05, 3.63) is 44.9 Å². The number of carbonyl (C=O) groups excluding carboxylic acids is 1. The number of esters is 1. The van der Waals surface area contributed by atoms with Crippen LogP contribution in [0.25, 0.3) is 22.4 Å². The van der Waals surface area contributed by atoms with Gasteiger partial charge in [0.25, 0.3) is 11.6 Å². The number of aryl methyl sites for hydroxylation is 4. The molecule has 0 unspecified atom stereocenters. The highest BCUT2D eigenvalue weighted by Crippen LogP contribution is 2.33. The second kappa shape index (κ2) is 7.75. The first-order valence-electron chi connectivity index (χ1n) is 9.29. The summed E-state index contributed by atoms with van der Waals surface area (Å²) >= 11 is 1.67. The lowest BCUT2D eigenvalue weighted by Crippen LogP contribution is -2.07. The molecule has 150 valence electrons. The topological polar surface area (TPSA) is 104 Å². The maximum Gasteiger partial charge on any atom is 0.339 e. The van der Waals surface area contributed by atoms with Gasteiger partial charge in [0.2, 0.25) is 0 Å². The van der Waals surface area contributed by atoms with Crippen LogP contribution in [0.1, 0.15) is 50.9 Å². The lowest BCUT2D eigenvalue weighted by molar-refractivity contribution is 0.0432. The van der Waals surface area contributed by atoms with Gasteiger partial charge in [0, 0.05) is 21.7 Å². The third kappa shape index (κ3) is 3.77. The molecule has 4 rings (SSSR count). The molecule has 29 heavy (non-hydrogen) atoms. The van der Waals surface area contributed by atoms with Gasteiger partial charge in [-0.15, -0.1) is 11.3 Å². The maximum absolute atomic E-state index is 12.9. The van der Waals surface area contributed by atoms with Crippen LogP contribution >= 0.6 is 11.3 Å². The minimum atomic E-state index is -0.523. The van der Waals surface area contributed by atoms with Gasteiger partial charge >= 0.3 is 5.97 Å². The number of carbonyl (C=O) groups is 1. The molecule has 4 heterocycles. The van der Waals surface area contributed by atoms with Crippen LogP contribution < -0.4 is 0 Å². The zero-order chi connectivity index (χ0) is 20.5. The molecule has 0 bridgehead atoms. The number of pyridine rings is 1. The van der Waals surface area contributed by atoms with Crippen LogP contribution in [0.5, 0.6) is 0 Å². The van der Waals surface area contributed by atoms with Gasteiger partial charge < -0.3 is 13.8 Å². The normalized spacial score (nSPS) is 11.3. The first kappa shape index (κ1) is 19.3. The Hall–Kier alpha value is -3.07. The fraction of sp³-hybridized carbons (Fsp3) is 0.350. The molecule has 0 amide bonds. The number of thiophene rings is 1. The molecule has 9 heteroatoms. The molecule has 0 saturated carbocycles. The fourth-order valence-electron chi connectivity index (χ4n) is 3.16. The first-order valence-corrected chi connectivity index (χ1v) is 10.1. The number of hydrogen-bond acceptors (Lipinski definition) is 9. The van der Waals surface area contributed by atoms with E-state index >= 15 is 0 Å². The predicted molar refractivity (Wildman–Crippen MR) is 107 cm³/mol. The highest BCUT2D eigenvalue weighted by Gasteiger charge is 2.22. The summed E-state index contributed by atoms with van der Waals surface area (Å²) in [5.74, 6) is 0.341. The van der Waals surface area contributed by atoms with Gasteiger partial charge in [-0.1, -0.05) is 17.2 Å². The van der Waals surface area contributed by atoms with Gasteiger partial charge in [0.15, 0.2) is 12.4 Å². The number of hydrogen-bond donors (Lipinski definition) is 0. The van der Waals surface area contributed by atoms with Crippen LogP contribution in [-0.4, -0.2) is 26.3 Å². The summed E-state index contributed by atoms with van der Waals surface area (Å²) < 4.78 is 15.9. The average molecular weight is 412 g/mol. The monoisotopic (exact) mass is 412 g/mol. The quantitative estimate of drug-likeness (QED) is 0.424. The number of rotatable bonds is 6. The number of fused-ring (bicyclic) bond motifs is 1. The van der Waals surface area contributed by atoms with Crippen molar-refractivity contribution in [1.82, 2.24) is 20.3 Å². The number of aromatic nitrogens is 4. The van der Waals surface area contributed by atoms with Crippen molar-refractivity contribution in [2.45, 2.75) is 47.1 Å². The summed E-state index contributed by atoms with van der Waals surface area (Å²) in [5, 5.41) is 8.37. The molecule has 0 N–H and O–H groups in total. The van der Waals surface area contributed by atoms with Gasteiger partial charge in [-0.2, -0.15) is 4.98 Å². The lowest BCUT2D eigenvalue weighted by atomic mass is 10.1. The zero-order valence-corrected chi connectivity index (χ0v) is 17.4. The Labute approximate surface area is 170 Å². The van der Waals surface area contributed by atoms with Crippen molar-refractivity contribution in [3.63, 3.8) is 0 Å². The number of ether oxygens (including phenoxy) is 1. The second-order valence-corrected chi connectivity index (χ2v) is 8.22. The Bertz CT molecular complexity index is 1190. The Morgan fingerprint density at radius 2 is 1.97 bits per heavy atom. The maximum atomic E-state index is 12.9. The molecular weight excluding hydrogens is 392 g/mol.